The molecule has 0 aliphatic carbocycles. The number of hydrogen-bond donors (Lipinski definition) is 5. The van der Waals surface area contributed by atoms with E-state index in [2.05, 4.69) is 15.6 Å². The molecule has 0 fully saturated rings. The largest absolute Gasteiger partial charge is 0.416 e. The molecule has 0 aliphatic heterocycles. The Bertz CT molecular complexity index is 1310. The standard InChI is InChI=1S/C27H32F3N7O3/c28-27(29,30)19-7-5-17(6-8-19)13-23(26(40)35-20-14-18-3-1-2-4-22(18)34-16-20)36-25(39)21(33)15-24(38)37(11-9-31)12-10-32/h1-8,14,16,21,23H,9-13,15,31-33H2,(H,35,40)(H,36,39)/t21-,23+/m0/s1. The number of halogens is 3. The monoisotopic (exact) mass is 559 g/mol. The van der Waals surface area contributed by atoms with E-state index in [1.165, 1.54) is 23.2 Å². The van der Waals surface area contributed by atoms with Crippen molar-refractivity contribution in [2.75, 3.05) is 31.5 Å². The average molecular weight is 560 g/mol. The van der Waals surface area contributed by atoms with Crippen LogP contribution in [0.2, 0.25) is 0 Å². The third-order valence-electron chi connectivity index (χ3n) is 6.09. The first-order valence-corrected chi connectivity index (χ1v) is 12.6. The van der Waals surface area contributed by atoms with Crippen molar-refractivity contribution in [3.05, 3.63) is 71.9 Å². The van der Waals surface area contributed by atoms with Crippen LogP contribution in [0.3, 0.4) is 0 Å². The lowest BCUT2D eigenvalue weighted by Crippen LogP contribution is -2.52. The van der Waals surface area contributed by atoms with Crippen LogP contribution in [0, 0.1) is 0 Å². The minimum absolute atomic E-state index is 0.135. The van der Waals surface area contributed by atoms with Crippen LogP contribution in [0.25, 0.3) is 10.9 Å². The molecule has 0 saturated carbocycles. The van der Waals surface area contributed by atoms with Crippen LogP contribution in [0.1, 0.15) is 17.5 Å². The van der Waals surface area contributed by atoms with Crippen molar-refractivity contribution in [1.29, 1.82) is 0 Å². The fourth-order valence-corrected chi connectivity index (χ4v) is 4.01. The molecular formula is C27H32F3N7O3. The summed E-state index contributed by atoms with van der Waals surface area (Å²) >= 11 is 0. The van der Waals surface area contributed by atoms with Crippen LogP contribution in [0.15, 0.2) is 60.8 Å². The lowest BCUT2D eigenvalue weighted by atomic mass is 10.0. The quantitative estimate of drug-likeness (QED) is 0.223. The van der Waals surface area contributed by atoms with Crippen LogP contribution in [-0.2, 0) is 27.0 Å². The second-order valence-electron chi connectivity index (χ2n) is 9.13. The van der Waals surface area contributed by atoms with Crippen LogP contribution in [0.4, 0.5) is 18.9 Å². The number of amides is 3. The number of rotatable bonds is 12. The molecule has 3 rings (SSSR count). The van der Waals surface area contributed by atoms with E-state index < -0.39 is 41.5 Å². The predicted octanol–water partition coefficient (Wildman–Crippen LogP) is 1.38. The van der Waals surface area contributed by atoms with Gasteiger partial charge in [0.15, 0.2) is 0 Å². The number of para-hydroxylation sites is 1. The molecule has 8 N–H and O–H groups in total. The lowest BCUT2D eigenvalue weighted by Gasteiger charge is -2.24. The van der Waals surface area contributed by atoms with Crippen LogP contribution < -0.4 is 27.8 Å². The highest BCUT2D eigenvalue weighted by atomic mass is 19.4. The first-order valence-electron chi connectivity index (χ1n) is 12.6. The molecule has 40 heavy (non-hydrogen) atoms. The average Bonchev–Trinajstić information content (AvgIpc) is 2.92. The normalized spacial score (nSPS) is 12.9. The highest BCUT2D eigenvalue weighted by Gasteiger charge is 2.31. The summed E-state index contributed by atoms with van der Waals surface area (Å²) < 4.78 is 39.0. The summed E-state index contributed by atoms with van der Waals surface area (Å²) in [5, 5.41) is 5.99. The maximum absolute atomic E-state index is 13.3. The number of nitrogens with zero attached hydrogens (tertiary/aromatic N) is 2. The zero-order valence-corrected chi connectivity index (χ0v) is 21.7. The van der Waals surface area contributed by atoms with E-state index in [1.54, 1.807) is 12.1 Å². The number of nitrogens with one attached hydrogen (secondary N) is 2. The molecule has 0 radical (unpaired) electrons. The molecule has 13 heteroatoms. The zero-order valence-electron chi connectivity index (χ0n) is 21.7. The fourth-order valence-electron chi connectivity index (χ4n) is 4.01. The van der Waals surface area contributed by atoms with Gasteiger partial charge in [-0.3, -0.25) is 19.4 Å². The van der Waals surface area contributed by atoms with E-state index in [0.717, 1.165) is 17.5 Å². The number of fused-ring (bicyclic) bond motifs is 1. The fraction of sp³-hybridized carbons (Fsp3) is 0.333. The van der Waals surface area contributed by atoms with E-state index in [1.807, 2.05) is 18.2 Å². The first kappa shape index (κ1) is 30.5. The molecule has 0 aliphatic rings. The number of alkyl halides is 3. The number of nitrogens with two attached hydrogens (primary N) is 3. The molecule has 0 bridgehead atoms. The van der Waals surface area contributed by atoms with Crippen molar-refractivity contribution in [2.45, 2.75) is 31.1 Å². The van der Waals surface area contributed by atoms with Gasteiger partial charge in [-0.15, -0.1) is 0 Å². The topological polar surface area (TPSA) is 169 Å². The highest BCUT2D eigenvalue weighted by molar-refractivity contribution is 5.99. The number of carbonyl (C=O) groups excluding carboxylic acids is 3. The van der Waals surface area contributed by atoms with Gasteiger partial charge in [0, 0.05) is 38.0 Å². The summed E-state index contributed by atoms with van der Waals surface area (Å²) in [6, 6.07) is 10.7. The number of hydrogen-bond acceptors (Lipinski definition) is 7. The van der Waals surface area contributed by atoms with E-state index >= 15 is 0 Å². The Balaban J connectivity index is 1.77. The minimum Gasteiger partial charge on any atom is -0.343 e. The molecule has 3 amide bonds. The Kier molecular flexibility index (Phi) is 10.5. The van der Waals surface area contributed by atoms with E-state index in [4.69, 9.17) is 17.2 Å². The van der Waals surface area contributed by atoms with Gasteiger partial charge in [-0.05, 0) is 29.8 Å². The van der Waals surface area contributed by atoms with Gasteiger partial charge in [0.1, 0.15) is 6.04 Å². The summed E-state index contributed by atoms with van der Waals surface area (Å²) in [4.78, 5) is 44.5. The van der Waals surface area contributed by atoms with Gasteiger partial charge in [0.25, 0.3) is 0 Å². The van der Waals surface area contributed by atoms with Crippen molar-refractivity contribution < 1.29 is 27.6 Å². The molecule has 0 spiro atoms. The molecule has 0 unspecified atom stereocenters. The minimum atomic E-state index is -4.52. The molecule has 1 heterocycles. The summed E-state index contributed by atoms with van der Waals surface area (Å²) in [6.07, 6.45) is -3.56. The van der Waals surface area contributed by atoms with Gasteiger partial charge in [0.2, 0.25) is 17.7 Å². The Hall–Kier alpha value is -4.07. The van der Waals surface area contributed by atoms with Gasteiger partial charge >= 0.3 is 6.18 Å². The molecule has 3 aromatic rings. The Morgan fingerprint density at radius 1 is 0.950 bits per heavy atom. The van der Waals surface area contributed by atoms with Crippen molar-refractivity contribution in [2.24, 2.45) is 17.2 Å². The number of pyridine rings is 1. The van der Waals surface area contributed by atoms with E-state index in [-0.39, 0.29) is 39.0 Å². The maximum Gasteiger partial charge on any atom is 0.416 e. The maximum atomic E-state index is 13.3. The van der Waals surface area contributed by atoms with Crippen LogP contribution in [0.5, 0.6) is 0 Å². The molecule has 10 nitrogen and oxygen atoms in total. The van der Waals surface area contributed by atoms with Crippen molar-refractivity contribution in [3.63, 3.8) is 0 Å². The van der Waals surface area contributed by atoms with Gasteiger partial charge in [0.05, 0.1) is 35.4 Å². The Labute approximate surface area is 229 Å². The van der Waals surface area contributed by atoms with Gasteiger partial charge in [-0.2, -0.15) is 13.2 Å². The molecule has 2 atom stereocenters. The lowest BCUT2D eigenvalue weighted by molar-refractivity contribution is -0.137. The first-order chi connectivity index (χ1) is 19.0. The molecule has 1 aromatic heterocycles. The third kappa shape index (κ3) is 8.46. The Morgan fingerprint density at radius 3 is 2.23 bits per heavy atom. The summed E-state index contributed by atoms with van der Waals surface area (Å²) in [6.45, 7) is 0.880. The van der Waals surface area contributed by atoms with Gasteiger partial charge in [-0.1, -0.05) is 30.3 Å². The SMILES string of the molecule is NCCN(CCN)C(=O)C[C@H](N)C(=O)N[C@H](Cc1ccc(C(F)(F)F)cc1)C(=O)Nc1cnc2ccccc2c1. The zero-order chi connectivity index (χ0) is 29.3. The smallest absolute Gasteiger partial charge is 0.343 e. The van der Waals surface area contributed by atoms with Crippen molar-refractivity contribution in [1.82, 2.24) is 15.2 Å². The number of carbonyl (C=O) groups is 3. The number of anilines is 1. The van der Waals surface area contributed by atoms with Crippen molar-refractivity contribution >= 4 is 34.3 Å². The van der Waals surface area contributed by atoms with Gasteiger partial charge in [-0.25, -0.2) is 0 Å². The summed E-state index contributed by atoms with van der Waals surface area (Å²) in [5.41, 5.74) is 17.6. The van der Waals surface area contributed by atoms with Crippen molar-refractivity contribution in [3.8, 4) is 0 Å². The molecule has 214 valence electrons. The summed E-state index contributed by atoms with van der Waals surface area (Å²) in [7, 11) is 0. The van der Waals surface area contributed by atoms with Crippen LogP contribution >= 0.6 is 0 Å². The second kappa shape index (κ2) is 13.8. The van der Waals surface area contributed by atoms with Crippen LogP contribution in [-0.4, -0.2) is 65.9 Å². The van der Waals surface area contributed by atoms with Gasteiger partial charge < -0.3 is 32.7 Å². The molecule has 0 saturated heterocycles. The molecular weight excluding hydrogens is 527 g/mol. The van der Waals surface area contributed by atoms with E-state index in [0.29, 0.717) is 16.8 Å². The summed E-state index contributed by atoms with van der Waals surface area (Å²) in [5.74, 6) is -1.85. The Morgan fingerprint density at radius 2 is 1.60 bits per heavy atom. The number of benzene rings is 2. The van der Waals surface area contributed by atoms with E-state index in [9.17, 15) is 27.6 Å². The third-order valence-corrected chi connectivity index (χ3v) is 6.09. The molecule has 2 aromatic carbocycles. The number of aromatic nitrogens is 1. The highest BCUT2D eigenvalue weighted by Crippen LogP contribution is 2.29. The second-order valence-corrected chi connectivity index (χ2v) is 9.13. The predicted molar refractivity (Wildman–Crippen MR) is 145 cm³/mol.